The molecule has 0 aromatic rings. The summed E-state index contributed by atoms with van der Waals surface area (Å²) in [6.45, 7) is 8.08. The number of sulfonamides is 1. The number of carbonyl (C=O) groups is 1. The van der Waals surface area contributed by atoms with Crippen LogP contribution in [-0.2, 0) is 14.8 Å². The van der Waals surface area contributed by atoms with E-state index in [0.29, 0.717) is 0 Å². The Kier molecular flexibility index (Phi) is 3.93. The van der Waals surface area contributed by atoms with Gasteiger partial charge in [0.05, 0.1) is 11.2 Å². The molecule has 0 fully saturated rings. The van der Waals surface area contributed by atoms with E-state index in [1.165, 1.54) is 6.92 Å². The molecule has 0 aliphatic heterocycles. The molecule has 90 valence electrons. The number of hydrogen-bond acceptors (Lipinski definition) is 4. The van der Waals surface area contributed by atoms with Crippen LogP contribution in [0.25, 0.3) is 0 Å². The lowest BCUT2D eigenvalue weighted by molar-refractivity contribution is -0.130. The minimum Gasteiger partial charge on any atom is -0.325 e. The highest BCUT2D eigenvalue weighted by Crippen LogP contribution is 2.28. The van der Waals surface area contributed by atoms with Crippen LogP contribution in [0.1, 0.15) is 34.6 Å². The first-order valence-electron chi connectivity index (χ1n) is 4.78. The van der Waals surface area contributed by atoms with Crippen LogP contribution < -0.4 is 10.5 Å². The number of carbonyl (C=O) groups excluding carboxylic acids is 1. The van der Waals surface area contributed by atoms with E-state index in [1.807, 2.05) is 4.72 Å². The average Bonchev–Trinajstić information content (AvgIpc) is 2.01. The van der Waals surface area contributed by atoms with Crippen LogP contribution in [0.5, 0.6) is 0 Å². The lowest BCUT2D eigenvalue weighted by Gasteiger charge is -2.36. The predicted octanol–water partition coefficient (Wildman–Crippen LogP) is 0.216. The minimum absolute atomic E-state index is 0.125. The van der Waals surface area contributed by atoms with Crippen molar-refractivity contribution >= 4 is 15.9 Å². The second-order valence-corrected chi connectivity index (χ2v) is 6.69. The second kappa shape index (κ2) is 4.09. The summed E-state index contributed by atoms with van der Waals surface area (Å²) in [6.07, 6.45) is 0. The number of rotatable bonds is 4. The van der Waals surface area contributed by atoms with Crippen molar-refractivity contribution in [2.24, 2.45) is 11.1 Å². The molecular weight excluding hydrogens is 216 g/mol. The van der Waals surface area contributed by atoms with Crippen molar-refractivity contribution in [2.75, 3.05) is 5.75 Å². The van der Waals surface area contributed by atoms with Crippen LogP contribution >= 0.6 is 0 Å². The highest BCUT2D eigenvalue weighted by molar-refractivity contribution is 7.90. The third-order valence-corrected chi connectivity index (χ3v) is 4.06. The van der Waals surface area contributed by atoms with E-state index in [2.05, 4.69) is 0 Å². The standard InChI is InChI=1S/C9H20N2O3S/c1-6-15(13,14)11-7(12)8(2,3)9(4,5)10/h6,10H2,1-5H3,(H,11,12). The van der Waals surface area contributed by atoms with E-state index in [1.54, 1.807) is 27.7 Å². The maximum Gasteiger partial charge on any atom is 0.240 e. The normalized spacial score (nSPS) is 13.7. The van der Waals surface area contributed by atoms with Gasteiger partial charge in [0.25, 0.3) is 0 Å². The largest absolute Gasteiger partial charge is 0.325 e. The highest BCUT2D eigenvalue weighted by Gasteiger charge is 2.41. The summed E-state index contributed by atoms with van der Waals surface area (Å²) in [5.41, 5.74) is 4.08. The van der Waals surface area contributed by atoms with E-state index in [-0.39, 0.29) is 5.75 Å². The first kappa shape index (κ1) is 14.4. The summed E-state index contributed by atoms with van der Waals surface area (Å²) in [5, 5.41) is 0. The molecule has 0 aliphatic carbocycles. The van der Waals surface area contributed by atoms with Crippen LogP contribution in [0.15, 0.2) is 0 Å². The zero-order valence-electron chi connectivity index (χ0n) is 9.92. The third kappa shape index (κ3) is 3.46. The molecule has 0 unspecified atom stereocenters. The topological polar surface area (TPSA) is 89.3 Å². The zero-order chi connectivity index (χ0) is 12.5. The summed E-state index contributed by atoms with van der Waals surface area (Å²) >= 11 is 0. The Balaban J connectivity index is 4.90. The number of nitrogens with one attached hydrogen (secondary N) is 1. The van der Waals surface area contributed by atoms with E-state index >= 15 is 0 Å². The molecule has 1 amide bonds. The monoisotopic (exact) mass is 236 g/mol. The fraction of sp³-hybridized carbons (Fsp3) is 0.889. The quantitative estimate of drug-likeness (QED) is 0.730. The molecule has 0 heterocycles. The van der Waals surface area contributed by atoms with Crippen molar-refractivity contribution in [1.29, 1.82) is 0 Å². The molecule has 0 atom stereocenters. The molecule has 5 nitrogen and oxygen atoms in total. The van der Waals surface area contributed by atoms with Gasteiger partial charge >= 0.3 is 0 Å². The Bertz CT molecular complexity index is 339. The van der Waals surface area contributed by atoms with Crippen LogP contribution in [0.4, 0.5) is 0 Å². The van der Waals surface area contributed by atoms with Crippen molar-refractivity contribution in [3.05, 3.63) is 0 Å². The van der Waals surface area contributed by atoms with E-state index in [9.17, 15) is 13.2 Å². The smallest absolute Gasteiger partial charge is 0.240 e. The maximum atomic E-state index is 11.7. The highest BCUT2D eigenvalue weighted by atomic mass is 32.2. The summed E-state index contributed by atoms with van der Waals surface area (Å²) in [7, 11) is -3.52. The zero-order valence-corrected chi connectivity index (χ0v) is 10.7. The van der Waals surface area contributed by atoms with Gasteiger partial charge in [-0.3, -0.25) is 9.52 Å². The first-order valence-corrected chi connectivity index (χ1v) is 6.43. The fourth-order valence-electron chi connectivity index (χ4n) is 0.634. The average molecular weight is 236 g/mol. The molecule has 0 aromatic carbocycles. The lowest BCUT2D eigenvalue weighted by atomic mass is 9.75. The van der Waals surface area contributed by atoms with Gasteiger partial charge in [-0.2, -0.15) is 0 Å². The van der Waals surface area contributed by atoms with Gasteiger partial charge in [0, 0.05) is 5.54 Å². The third-order valence-electron chi connectivity index (χ3n) is 2.81. The summed E-state index contributed by atoms with van der Waals surface area (Å²) in [4.78, 5) is 11.7. The molecule has 0 aromatic heterocycles. The molecule has 0 saturated carbocycles. The number of amides is 1. The van der Waals surface area contributed by atoms with Gasteiger partial charge in [-0.15, -0.1) is 0 Å². The lowest BCUT2D eigenvalue weighted by Crippen LogP contribution is -2.56. The molecule has 0 saturated heterocycles. The predicted molar refractivity (Wildman–Crippen MR) is 59.7 cm³/mol. The molecule has 0 bridgehead atoms. The second-order valence-electron chi connectivity index (χ2n) is 4.68. The van der Waals surface area contributed by atoms with Gasteiger partial charge in [-0.1, -0.05) is 0 Å². The Labute approximate surface area is 91.5 Å². The van der Waals surface area contributed by atoms with E-state index < -0.39 is 26.9 Å². The van der Waals surface area contributed by atoms with E-state index in [4.69, 9.17) is 5.73 Å². The summed E-state index contributed by atoms with van der Waals surface area (Å²) < 4.78 is 24.4. The van der Waals surface area contributed by atoms with Crippen LogP contribution in [0.2, 0.25) is 0 Å². The molecule has 0 rings (SSSR count). The van der Waals surface area contributed by atoms with Gasteiger partial charge in [0.15, 0.2) is 0 Å². The molecular formula is C9H20N2O3S. The Morgan fingerprint density at radius 1 is 1.27 bits per heavy atom. The van der Waals surface area contributed by atoms with Gasteiger partial charge in [-0.25, -0.2) is 8.42 Å². The van der Waals surface area contributed by atoms with Crippen molar-refractivity contribution in [1.82, 2.24) is 4.72 Å². The Hall–Kier alpha value is -0.620. The number of hydrogen-bond donors (Lipinski definition) is 2. The van der Waals surface area contributed by atoms with Crippen molar-refractivity contribution < 1.29 is 13.2 Å². The summed E-state index contributed by atoms with van der Waals surface area (Å²) in [6, 6.07) is 0. The molecule has 3 N–H and O–H groups in total. The van der Waals surface area contributed by atoms with Gasteiger partial charge < -0.3 is 5.73 Å². The van der Waals surface area contributed by atoms with Gasteiger partial charge in [0.1, 0.15) is 0 Å². The summed E-state index contributed by atoms with van der Waals surface area (Å²) in [5.74, 6) is -0.698. The SMILES string of the molecule is CCS(=O)(=O)NC(=O)C(C)(C)C(C)(C)N. The van der Waals surface area contributed by atoms with Crippen molar-refractivity contribution in [3.8, 4) is 0 Å². The van der Waals surface area contributed by atoms with Gasteiger partial charge in [0.2, 0.25) is 15.9 Å². The van der Waals surface area contributed by atoms with Gasteiger partial charge in [-0.05, 0) is 34.6 Å². The number of nitrogens with two attached hydrogens (primary N) is 1. The molecule has 0 aliphatic rings. The maximum absolute atomic E-state index is 11.7. The minimum atomic E-state index is -3.52. The van der Waals surface area contributed by atoms with E-state index in [0.717, 1.165) is 0 Å². The van der Waals surface area contributed by atoms with Crippen LogP contribution in [-0.4, -0.2) is 25.6 Å². The molecule has 15 heavy (non-hydrogen) atoms. The van der Waals surface area contributed by atoms with Crippen LogP contribution in [0, 0.1) is 5.41 Å². The molecule has 0 radical (unpaired) electrons. The van der Waals surface area contributed by atoms with Crippen LogP contribution in [0.3, 0.4) is 0 Å². The molecule has 6 heteroatoms. The molecule has 0 spiro atoms. The van der Waals surface area contributed by atoms with Crippen molar-refractivity contribution in [2.45, 2.75) is 40.2 Å². The first-order chi connectivity index (χ1) is 6.44. The van der Waals surface area contributed by atoms with Crippen molar-refractivity contribution in [3.63, 3.8) is 0 Å². The fourth-order valence-corrected chi connectivity index (χ4v) is 1.32. The Morgan fingerprint density at radius 3 is 1.93 bits per heavy atom. The Morgan fingerprint density at radius 2 is 1.67 bits per heavy atom.